The van der Waals surface area contributed by atoms with Crippen LogP contribution in [0, 0.1) is 23.1 Å². The number of nitrogens with one attached hydrogen (secondary N) is 1. The number of hydrogen-bond donors (Lipinski definition) is 1. The van der Waals surface area contributed by atoms with Crippen molar-refractivity contribution in [3.8, 4) is 5.75 Å². The van der Waals surface area contributed by atoms with Gasteiger partial charge in [-0.25, -0.2) is 4.39 Å². The van der Waals surface area contributed by atoms with Crippen LogP contribution in [0.3, 0.4) is 0 Å². The standard InChI is InChI=1S/C17H24FNO/c1-19-11-17(9-12-6-7-14(17)8-12)10-13-4-3-5-15(20-2)16(13)18/h3-5,12,14,19H,6-11H2,1-2H3. The summed E-state index contributed by atoms with van der Waals surface area (Å²) in [6.07, 6.45) is 6.11. The van der Waals surface area contributed by atoms with Crippen LogP contribution in [0.4, 0.5) is 4.39 Å². The van der Waals surface area contributed by atoms with Crippen molar-refractivity contribution in [3.63, 3.8) is 0 Å². The van der Waals surface area contributed by atoms with E-state index in [9.17, 15) is 4.39 Å². The quantitative estimate of drug-likeness (QED) is 0.890. The predicted octanol–water partition coefficient (Wildman–Crippen LogP) is 3.40. The van der Waals surface area contributed by atoms with E-state index < -0.39 is 0 Å². The lowest BCUT2D eigenvalue weighted by Gasteiger charge is -2.38. The summed E-state index contributed by atoms with van der Waals surface area (Å²) >= 11 is 0. The molecule has 20 heavy (non-hydrogen) atoms. The number of hydrogen-bond acceptors (Lipinski definition) is 2. The molecular formula is C17H24FNO. The Kier molecular flexibility index (Phi) is 3.72. The molecule has 1 N–H and O–H groups in total. The highest BCUT2D eigenvalue weighted by Gasteiger charge is 2.50. The van der Waals surface area contributed by atoms with Gasteiger partial charge in [-0.2, -0.15) is 0 Å². The number of rotatable bonds is 5. The molecule has 2 nitrogen and oxygen atoms in total. The first-order chi connectivity index (χ1) is 9.68. The van der Waals surface area contributed by atoms with E-state index in [1.807, 2.05) is 19.2 Å². The largest absolute Gasteiger partial charge is 0.494 e. The van der Waals surface area contributed by atoms with Gasteiger partial charge in [0, 0.05) is 6.54 Å². The molecule has 0 heterocycles. The Balaban J connectivity index is 1.88. The van der Waals surface area contributed by atoms with Crippen LogP contribution in [-0.4, -0.2) is 20.7 Å². The molecule has 2 bridgehead atoms. The highest BCUT2D eigenvalue weighted by atomic mass is 19.1. The molecule has 2 saturated carbocycles. The summed E-state index contributed by atoms with van der Waals surface area (Å²) in [7, 11) is 3.54. The molecule has 3 rings (SSSR count). The monoisotopic (exact) mass is 277 g/mol. The van der Waals surface area contributed by atoms with Crippen molar-refractivity contribution < 1.29 is 9.13 Å². The van der Waals surface area contributed by atoms with Gasteiger partial charge in [0.1, 0.15) is 0 Å². The molecule has 2 aliphatic rings. The van der Waals surface area contributed by atoms with Gasteiger partial charge in [0.2, 0.25) is 0 Å². The minimum atomic E-state index is -0.173. The van der Waals surface area contributed by atoms with Crippen LogP contribution in [0.15, 0.2) is 18.2 Å². The van der Waals surface area contributed by atoms with Crippen LogP contribution >= 0.6 is 0 Å². The molecule has 0 radical (unpaired) electrons. The molecule has 2 aliphatic carbocycles. The van der Waals surface area contributed by atoms with Gasteiger partial charge in [-0.1, -0.05) is 18.6 Å². The molecule has 1 aromatic carbocycles. The van der Waals surface area contributed by atoms with Gasteiger partial charge < -0.3 is 10.1 Å². The average Bonchev–Trinajstić information content (AvgIpc) is 3.02. The van der Waals surface area contributed by atoms with Crippen molar-refractivity contribution in [2.24, 2.45) is 17.3 Å². The highest BCUT2D eigenvalue weighted by molar-refractivity contribution is 5.32. The third-order valence-electron chi connectivity index (χ3n) is 5.44. The third kappa shape index (κ3) is 2.22. The summed E-state index contributed by atoms with van der Waals surface area (Å²) in [5, 5.41) is 3.35. The van der Waals surface area contributed by atoms with E-state index >= 15 is 0 Å². The summed E-state index contributed by atoms with van der Waals surface area (Å²) in [5.41, 5.74) is 1.05. The minimum Gasteiger partial charge on any atom is -0.494 e. The van der Waals surface area contributed by atoms with Crippen LogP contribution in [0.2, 0.25) is 0 Å². The zero-order valence-electron chi connectivity index (χ0n) is 12.4. The molecule has 3 unspecified atom stereocenters. The first kappa shape index (κ1) is 13.9. The second kappa shape index (κ2) is 5.36. The van der Waals surface area contributed by atoms with E-state index in [0.29, 0.717) is 5.75 Å². The maximum Gasteiger partial charge on any atom is 0.168 e. The van der Waals surface area contributed by atoms with Gasteiger partial charge in [-0.15, -0.1) is 0 Å². The minimum absolute atomic E-state index is 0.173. The fourth-order valence-electron chi connectivity index (χ4n) is 4.64. The predicted molar refractivity (Wildman–Crippen MR) is 78.5 cm³/mol. The van der Waals surface area contributed by atoms with Crippen molar-refractivity contribution in [2.45, 2.75) is 32.1 Å². The number of fused-ring (bicyclic) bond motifs is 2. The fraction of sp³-hybridized carbons (Fsp3) is 0.647. The van der Waals surface area contributed by atoms with Crippen LogP contribution in [0.5, 0.6) is 5.75 Å². The van der Waals surface area contributed by atoms with Gasteiger partial charge in [-0.05, 0) is 61.6 Å². The van der Waals surface area contributed by atoms with Crippen molar-refractivity contribution >= 4 is 0 Å². The molecule has 0 saturated heterocycles. The van der Waals surface area contributed by atoms with Crippen LogP contribution in [-0.2, 0) is 6.42 Å². The van der Waals surface area contributed by atoms with E-state index in [1.165, 1.54) is 32.8 Å². The maximum absolute atomic E-state index is 14.4. The Morgan fingerprint density at radius 1 is 1.40 bits per heavy atom. The fourth-order valence-corrected chi connectivity index (χ4v) is 4.64. The van der Waals surface area contributed by atoms with Gasteiger partial charge >= 0.3 is 0 Å². The Morgan fingerprint density at radius 3 is 2.85 bits per heavy atom. The molecule has 0 aromatic heterocycles. The summed E-state index contributed by atoms with van der Waals surface area (Å²) in [6, 6.07) is 5.52. The second-order valence-electron chi connectivity index (χ2n) is 6.58. The first-order valence-corrected chi connectivity index (χ1v) is 7.64. The molecule has 3 atom stereocenters. The van der Waals surface area contributed by atoms with E-state index in [1.54, 1.807) is 6.07 Å². The number of halogens is 1. The average molecular weight is 277 g/mol. The Bertz CT molecular complexity index is 490. The first-order valence-electron chi connectivity index (χ1n) is 7.64. The molecular weight excluding hydrogens is 253 g/mol. The Labute approximate surface area is 120 Å². The number of benzene rings is 1. The lowest BCUT2D eigenvalue weighted by atomic mass is 9.69. The molecule has 1 aromatic rings. The van der Waals surface area contributed by atoms with E-state index in [2.05, 4.69) is 5.32 Å². The van der Waals surface area contributed by atoms with Gasteiger partial charge in [0.05, 0.1) is 7.11 Å². The zero-order valence-corrected chi connectivity index (χ0v) is 12.4. The highest BCUT2D eigenvalue weighted by Crippen LogP contribution is 2.57. The van der Waals surface area contributed by atoms with Gasteiger partial charge in [0.15, 0.2) is 11.6 Å². The zero-order chi connectivity index (χ0) is 14.2. The number of ether oxygens (including phenoxy) is 1. The molecule has 2 fully saturated rings. The van der Waals surface area contributed by atoms with Crippen molar-refractivity contribution in [1.82, 2.24) is 5.32 Å². The van der Waals surface area contributed by atoms with Crippen LogP contribution < -0.4 is 10.1 Å². The summed E-state index contributed by atoms with van der Waals surface area (Å²) < 4.78 is 19.5. The molecule has 0 amide bonds. The van der Waals surface area contributed by atoms with Crippen LogP contribution in [0.25, 0.3) is 0 Å². The SMILES string of the molecule is CNCC1(Cc2cccc(OC)c2F)CC2CCC1C2. The summed E-state index contributed by atoms with van der Waals surface area (Å²) in [5.74, 6) is 1.81. The van der Waals surface area contributed by atoms with E-state index in [4.69, 9.17) is 4.74 Å². The Morgan fingerprint density at radius 2 is 2.25 bits per heavy atom. The summed E-state index contributed by atoms with van der Waals surface area (Å²) in [6.45, 7) is 0.991. The lowest BCUT2D eigenvalue weighted by molar-refractivity contribution is 0.158. The van der Waals surface area contributed by atoms with Crippen LogP contribution in [0.1, 0.15) is 31.2 Å². The molecule has 0 aliphatic heterocycles. The van der Waals surface area contributed by atoms with Gasteiger partial charge in [-0.3, -0.25) is 0 Å². The smallest absolute Gasteiger partial charge is 0.168 e. The second-order valence-corrected chi connectivity index (χ2v) is 6.58. The van der Waals surface area contributed by atoms with E-state index in [0.717, 1.165) is 30.4 Å². The van der Waals surface area contributed by atoms with Crippen molar-refractivity contribution in [2.75, 3.05) is 20.7 Å². The maximum atomic E-state index is 14.4. The third-order valence-corrected chi connectivity index (χ3v) is 5.44. The molecule has 110 valence electrons. The van der Waals surface area contributed by atoms with Gasteiger partial charge in [0.25, 0.3) is 0 Å². The normalized spacial score (nSPS) is 31.8. The van der Waals surface area contributed by atoms with Crippen molar-refractivity contribution in [3.05, 3.63) is 29.6 Å². The molecule has 0 spiro atoms. The van der Waals surface area contributed by atoms with Crippen molar-refractivity contribution in [1.29, 1.82) is 0 Å². The number of methoxy groups -OCH3 is 1. The lowest BCUT2D eigenvalue weighted by Crippen LogP contribution is -2.39. The Hall–Kier alpha value is -1.09. The topological polar surface area (TPSA) is 21.3 Å². The molecule has 3 heteroatoms. The van der Waals surface area contributed by atoms with E-state index in [-0.39, 0.29) is 11.2 Å². The summed E-state index contributed by atoms with van der Waals surface area (Å²) in [4.78, 5) is 0.